The van der Waals surface area contributed by atoms with Gasteiger partial charge in [-0.1, -0.05) is 12.8 Å². The first-order chi connectivity index (χ1) is 3.70. The van der Waals surface area contributed by atoms with Crippen LogP contribution in [0.4, 0.5) is 0 Å². The number of carbonyl (C=O) groups is 1. The lowest BCUT2D eigenvalue weighted by molar-refractivity contribution is -0.123. The number of thiol groups is 1. The van der Waals surface area contributed by atoms with E-state index in [0.717, 1.165) is 13.1 Å². The molecule has 1 rings (SSSR count). The van der Waals surface area contributed by atoms with E-state index in [-0.39, 0.29) is 11.7 Å². The second kappa shape index (κ2) is 2.07. The Kier molecular flexibility index (Phi) is 1.58. The zero-order chi connectivity index (χ0) is 6.15. The maximum Gasteiger partial charge on any atom is 0.135 e. The number of nitrogens with zero attached hydrogens (tertiary/aromatic N) is 1. The summed E-state index contributed by atoms with van der Waals surface area (Å²) in [5, 5.41) is 0. The van der Waals surface area contributed by atoms with Crippen LogP contribution in [-0.2, 0) is 4.79 Å². The first-order valence-corrected chi connectivity index (χ1v) is 3.04. The van der Waals surface area contributed by atoms with Gasteiger partial charge >= 0.3 is 0 Å². The quantitative estimate of drug-likeness (QED) is 0.518. The van der Waals surface area contributed by atoms with Gasteiger partial charge in [0.2, 0.25) is 0 Å². The van der Waals surface area contributed by atoms with E-state index >= 15 is 0 Å². The SMILES string of the molecule is CC(=O)C1CN(S)C1. The molecule has 8 heavy (non-hydrogen) atoms. The van der Waals surface area contributed by atoms with Crippen LogP contribution in [0.3, 0.4) is 0 Å². The molecule has 1 aliphatic rings. The van der Waals surface area contributed by atoms with E-state index in [1.807, 2.05) is 4.31 Å². The Hall–Kier alpha value is -0.0200. The normalized spacial score (nSPS) is 22.8. The molecule has 2 nitrogen and oxygen atoms in total. The zero-order valence-electron chi connectivity index (χ0n) is 4.79. The number of Topliss-reactive ketones (excluding diaryl/α,β-unsaturated/α-hetero) is 1. The fourth-order valence-electron chi connectivity index (χ4n) is 0.712. The summed E-state index contributed by atoms with van der Waals surface area (Å²) in [5.74, 6) is 0.558. The van der Waals surface area contributed by atoms with Crippen molar-refractivity contribution in [2.75, 3.05) is 13.1 Å². The largest absolute Gasteiger partial charge is 0.300 e. The fourth-order valence-corrected chi connectivity index (χ4v) is 1.11. The van der Waals surface area contributed by atoms with Crippen molar-refractivity contribution in [2.45, 2.75) is 6.92 Å². The molecular formula is C5H9NOS. The second-order valence-electron chi connectivity index (χ2n) is 2.18. The van der Waals surface area contributed by atoms with Gasteiger partial charge in [0.05, 0.1) is 0 Å². The Morgan fingerprint density at radius 1 is 1.75 bits per heavy atom. The minimum Gasteiger partial charge on any atom is -0.300 e. The van der Waals surface area contributed by atoms with Crippen LogP contribution in [0.25, 0.3) is 0 Å². The van der Waals surface area contributed by atoms with Gasteiger partial charge < -0.3 is 0 Å². The summed E-state index contributed by atoms with van der Waals surface area (Å²) in [5.41, 5.74) is 0. The van der Waals surface area contributed by atoms with E-state index in [1.54, 1.807) is 6.92 Å². The molecule has 0 saturated carbocycles. The van der Waals surface area contributed by atoms with Gasteiger partial charge in [0.25, 0.3) is 0 Å². The van der Waals surface area contributed by atoms with Crippen LogP contribution in [0.15, 0.2) is 0 Å². The van der Waals surface area contributed by atoms with E-state index in [2.05, 4.69) is 12.8 Å². The molecule has 1 fully saturated rings. The molecule has 1 saturated heterocycles. The Balaban J connectivity index is 2.25. The molecule has 0 unspecified atom stereocenters. The molecule has 0 aromatic heterocycles. The third-order valence-electron chi connectivity index (χ3n) is 1.44. The molecule has 0 aliphatic carbocycles. The molecule has 0 spiro atoms. The Labute approximate surface area is 54.4 Å². The van der Waals surface area contributed by atoms with Gasteiger partial charge in [-0.05, 0) is 6.92 Å². The summed E-state index contributed by atoms with van der Waals surface area (Å²) in [6, 6.07) is 0. The minimum absolute atomic E-state index is 0.271. The van der Waals surface area contributed by atoms with Gasteiger partial charge in [-0.15, -0.1) is 0 Å². The van der Waals surface area contributed by atoms with Gasteiger partial charge in [0.15, 0.2) is 0 Å². The predicted octanol–water partition coefficient (Wildman–Crippen LogP) is 0.352. The van der Waals surface area contributed by atoms with Crippen LogP contribution in [0.5, 0.6) is 0 Å². The van der Waals surface area contributed by atoms with E-state index in [0.29, 0.717) is 0 Å². The molecule has 0 N–H and O–H groups in total. The van der Waals surface area contributed by atoms with Crippen molar-refractivity contribution >= 4 is 18.6 Å². The molecule has 3 heteroatoms. The van der Waals surface area contributed by atoms with Crippen molar-refractivity contribution in [3.8, 4) is 0 Å². The Morgan fingerprint density at radius 2 is 2.25 bits per heavy atom. The van der Waals surface area contributed by atoms with Crippen molar-refractivity contribution in [1.29, 1.82) is 0 Å². The summed E-state index contributed by atoms with van der Waals surface area (Å²) >= 11 is 4.02. The maximum atomic E-state index is 10.5. The highest BCUT2D eigenvalue weighted by Gasteiger charge is 2.27. The number of rotatable bonds is 1. The lowest BCUT2D eigenvalue weighted by atomic mass is 10.00. The molecule has 0 atom stereocenters. The third-order valence-corrected chi connectivity index (χ3v) is 1.76. The smallest absolute Gasteiger partial charge is 0.135 e. The van der Waals surface area contributed by atoms with Crippen molar-refractivity contribution in [3.05, 3.63) is 0 Å². The molecule has 46 valence electrons. The van der Waals surface area contributed by atoms with Crippen molar-refractivity contribution in [3.63, 3.8) is 0 Å². The molecular weight excluding hydrogens is 122 g/mol. The number of carbonyl (C=O) groups excluding carboxylic acids is 1. The highest BCUT2D eigenvalue weighted by molar-refractivity contribution is 7.77. The molecule has 0 aromatic carbocycles. The summed E-state index contributed by atoms with van der Waals surface area (Å²) in [7, 11) is 0. The van der Waals surface area contributed by atoms with Crippen LogP contribution in [0.1, 0.15) is 6.92 Å². The third kappa shape index (κ3) is 1.03. The van der Waals surface area contributed by atoms with Crippen LogP contribution in [0.2, 0.25) is 0 Å². The average molecular weight is 131 g/mol. The van der Waals surface area contributed by atoms with Gasteiger partial charge in [-0.2, -0.15) is 0 Å². The number of hydrogen-bond donors (Lipinski definition) is 1. The van der Waals surface area contributed by atoms with Gasteiger partial charge in [0.1, 0.15) is 5.78 Å². The summed E-state index contributed by atoms with van der Waals surface area (Å²) in [6.07, 6.45) is 0. The van der Waals surface area contributed by atoms with Gasteiger partial charge in [-0.3, -0.25) is 9.10 Å². The van der Waals surface area contributed by atoms with E-state index in [4.69, 9.17) is 0 Å². The van der Waals surface area contributed by atoms with Crippen molar-refractivity contribution in [2.24, 2.45) is 5.92 Å². The molecule has 1 aliphatic heterocycles. The van der Waals surface area contributed by atoms with Gasteiger partial charge in [-0.25, -0.2) is 0 Å². The predicted molar refractivity (Wildman–Crippen MR) is 34.7 cm³/mol. The fraction of sp³-hybridized carbons (Fsp3) is 0.800. The highest BCUT2D eigenvalue weighted by atomic mass is 32.1. The lowest BCUT2D eigenvalue weighted by Gasteiger charge is -2.32. The van der Waals surface area contributed by atoms with Crippen LogP contribution < -0.4 is 0 Å². The molecule has 0 bridgehead atoms. The zero-order valence-corrected chi connectivity index (χ0v) is 5.69. The molecule has 0 radical (unpaired) electrons. The molecule has 0 aromatic rings. The topological polar surface area (TPSA) is 20.3 Å². The van der Waals surface area contributed by atoms with Crippen LogP contribution in [0, 0.1) is 5.92 Å². The minimum atomic E-state index is 0.271. The van der Waals surface area contributed by atoms with Crippen molar-refractivity contribution in [1.82, 2.24) is 4.31 Å². The van der Waals surface area contributed by atoms with E-state index in [1.165, 1.54) is 0 Å². The summed E-state index contributed by atoms with van der Waals surface area (Å²) < 4.78 is 1.84. The monoisotopic (exact) mass is 131 g/mol. The standard InChI is InChI=1S/C5H9NOS/c1-4(7)5-2-6(8)3-5/h5,8H,2-3H2,1H3. The van der Waals surface area contributed by atoms with Crippen LogP contribution >= 0.6 is 12.8 Å². The Morgan fingerprint density at radius 3 is 2.38 bits per heavy atom. The summed E-state index contributed by atoms with van der Waals surface area (Å²) in [4.78, 5) is 10.5. The first-order valence-electron chi connectivity index (χ1n) is 2.64. The van der Waals surface area contributed by atoms with E-state index in [9.17, 15) is 4.79 Å². The maximum absolute atomic E-state index is 10.5. The second-order valence-corrected chi connectivity index (χ2v) is 2.74. The molecule has 0 amide bonds. The first kappa shape index (κ1) is 6.11. The number of ketones is 1. The van der Waals surface area contributed by atoms with Gasteiger partial charge in [0, 0.05) is 19.0 Å². The number of hydrogen-bond acceptors (Lipinski definition) is 3. The average Bonchev–Trinajstić information content (AvgIpc) is 1.57. The van der Waals surface area contributed by atoms with Crippen molar-refractivity contribution < 1.29 is 4.79 Å². The molecule has 1 heterocycles. The van der Waals surface area contributed by atoms with E-state index < -0.39 is 0 Å². The van der Waals surface area contributed by atoms with Crippen LogP contribution in [-0.4, -0.2) is 23.2 Å². The summed E-state index contributed by atoms with van der Waals surface area (Å²) in [6.45, 7) is 3.29. The lowest BCUT2D eigenvalue weighted by Crippen LogP contribution is -2.43. The highest BCUT2D eigenvalue weighted by Crippen LogP contribution is 2.16. The Bertz CT molecular complexity index is 109.